The van der Waals surface area contributed by atoms with Crippen LogP contribution in [0.2, 0.25) is 0 Å². The van der Waals surface area contributed by atoms with E-state index >= 15 is 0 Å². The smallest absolute Gasteiger partial charge is 0.0966 e. The monoisotopic (exact) mass is 202 g/mol. The summed E-state index contributed by atoms with van der Waals surface area (Å²) in [6.45, 7) is 3.90. The molecule has 0 nitrogen and oxygen atoms in total. The standard InChI is InChI=1S/C10H12Cl2/c1-3-8-4-6-9(7-5-8)10(2,11)12/h4-7H,3H2,1-2H3. The van der Waals surface area contributed by atoms with Gasteiger partial charge in [0.05, 0.1) is 0 Å². The lowest BCUT2D eigenvalue weighted by molar-refractivity contribution is 0.971. The summed E-state index contributed by atoms with van der Waals surface area (Å²) in [4.78, 5) is 0. The summed E-state index contributed by atoms with van der Waals surface area (Å²) in [5.74, 6) is 0. The summed E-state index contributed by atoms with van der Waals surface area (Å²) in [5.41, 5.74) is 2.25. The van der Waals surface area contributed by atoms with Crippen molar-refractivity contribution in [2.45, 2.75) is 24.6 Å². The van der Waals surface area contributed by atoms with Gasteiger partial charge in [-0.3, -0.25) is 0 Å². The van der Waals surface area contributed by atoms with Crippen LogP contribution in [0.25, 0.3) is 0 Å². The molecule has 0 atom stereocenters. The number of benzene rings is 1. The highest BCUT2D eigenvalue weighted by molar-refractivity contribution is 6.47. The number of rotatable bonds is 2. The van der Waals surface area contributed by atoms with Gasteiger partial charge in [-0.05, 0) is 24.5 Å². The van der Waals surface area contributed by atoms with E-state index in [1.165, 1.54) is 5.56 Å². The van der Waals surface area contributed by atoms with Gasteiger partial charge in [0.15, 0.2) is 0 Å². The largest absolute Gasteiger partial charge is 0.140 e. The Morgan fingerprint density at radius 1 is 1.17 bits per heavy atom. The molecule has 0 N–H and O–H groups in total. The molecule has 66 valence electrons. The lowest BCUT2D eigenvalue weighted by atomic mass is 10.1. The number of alkyl halides is 2. The zero-order valence-corrected chi connectivity index (χ0v) is 8.78. The van der Waals surface area contributed by atoms with Gasteiger partial charge in [0.25, 0.3) is 0 Å². The average Bonchev–Trinajstić information content (AvgIpc) is 2.03. The highest BCUT2D eigenvalue weighted by Gasteiger charge is 2.18. The van der Waals surface area contributed by atoms with Crippen LogP contribution in [0.3, 0.4) is 0 Å². The van der Waals surface area contributed by atoms with Crippen molar-refractivity contribution in [3.8, 4) is 0 Å². The average molecular weight is 203 g/mol. The molecule has 0 unspecified atom stereocenters. The van der Waals surface area contributed by atoms with E-state index in [-0.39, 0.29) is 0 Å². The Bertz CT molecular complexity index is 244. The fourth-order valence-electron chi connectivity index (χ4n) is 1.03. The van der Waals surface area contributed by atoms with Crippen molar-refractivity contribution in [1.29, 1.82) is 0 Å². The van der Waals surface area contributed by atoms with Crippen molar-refractivity contribution in [2.75, 3.05) is 0 Å². The van der Waals surface area contributed by atoms with E-state index in [2.05, 4.69) is 19.1 Å². The molecule has 0 saturated heterocycles. The number of halogens is 2. The van der Waals surface area contributed by atoms with Gasteiger partial charge in [0, 0.05) is 0 Å². The lowest BCUT2D eigenvalue weighted by Crippen LogP contribution is -2.03. The summed E-state index contributed by atoms with van der Waals surface area (Å²) >= 11 is 11.8. The van der Waals surface area contributed by atoms with Crippen molar-refractivity contribution in [2.24, 2.45) is 0 Å². The molecule has 0 aliphatic heterocycles. The lowest BCUT2D eigenvalue weighted by Gasteiger charge is -2.13. The molecule has 12 heavy (non-hydrogen) atoms. The maximum absolute atomic E-state index is 5.92. The third-order valence-electron chi connectivity index (χ3n) is 1.87. The zero-order chi connectivity index (χ0) is 9.19. The fraction of sp³-hybridized carbons (Fsp3) is 0.400. The summed E-state index contributed by atoms with van der Waals surface area (Å²) < 4.78 is -0.772. The summed E-state index contributed by atoms with van der Waals surface area (Å²) in [7, 11) is 0. The van der Waals surface area contributed by atoms with Gasteiger partial charge < -0.3 is 0 Å². The Kier molecular flexibility index (Phi) is 3.03. The molecular formula is C10H12Cl2. The summed E-state index contributed by atoms with van der Waals surface area (Å²) in [5, 5.41) is 0. The van der Waals surface area contributed by atoms with Gasteiger partial charge in [0.1, 0.15) is 4.33 Å². The first-order valence-electron chi connectivity index (χ1n) is 4.01. The van der Waals surface area contributed by atoms with Crippen LogP contribution in [0.4, 0.5) is 0 Å². The van der Waals surface area contributed by atoms with Crippen LogP contribution in [-0.4, -0.2) is 0 Å². The molecule has 1 aromatic rings. The second-order valence-electron chi connectivity index (χ2n) is 2.94. The minimum Gasteiger partial charge on any atom is -0.0966 e. The Morgan fingerprint density at radius 2 is 1.67 bits per heavy atom. The van der Waals surface area contributed by atoms with Gasteiger partial charge in [-0.1, -0.05) is 54.4 Å². The van der Waals surface area contributed by atoms with Crippen molar-refractivity contribution in [3.63, 3.8) is 0 Å². The molecule has 0 spiro atoms. The molecule has 0 saturated carbocycles. The maximum Gasteiger partial charge on any atom is 0.140 e. The minimum atomic E-state index is -0.772. The molecular weight excluding hydrogens is 191 g/mol. The van der Waals surface area contributed by atoms with Gasteiger partial charge >= 0.3 is 0 Å². The molecule has 0 aliphatic rings. The Hall–Kier alpha value is -0.200. The van der Waals surface area contributed by atoms with E-state index in [9.17, 15) is 0 Å². The molecule has 0 fully saturated rings. The van der Waals surface area contributed by atoms with Crippen LogP contribution in [0.15, 0.2) is 24.3 Å². The Labute approximate surface area is 83.5 Å². The summed E-state index contributed by atoms with van der Waals surface area (Å²) in [6.07, 6.45) is 1.04. The van der Waals surface area contributed by atoms with Crippen LogP contribution in [0.1, 0.15) is 25.0 Å². The predicted octanol–water partition coefficient (Wildman–Crippen LogP) is 3.90. The first kappa shape index (κ1) is 9.88. The highest BCUT2D eigenvalue weighted by atomic mass is 35.5. The van der Waals surface area contributed by atoms with Gasteiger partial charge in [-0.15, -0.1) is 0 Å². The van der Waals surface area contributed by atoms with Crippen LogP contribution in [0.5, 0.6) is 0 Å². The van der Waals surface area contributed by atoms with Gasteiger partial charge in [-0.2, -0.15) is 0 Å². The molecule has 1 aromatic carbocycles. The van der Waals surface area contributed by atoms with Crippen molar-refractivity contribution < 1.29 is 0 Å². The molecule has 0 bridgehead atoms. The van der Waals surface area contributed by atoms with E-state index in [4.69, 9.17) is 23.2 Å². The van der Waals surface area contributed by atoms with E-state index in [0.717, 1.165) is 12.0 Å². The topological polar surface area (TPSA) is 0 Å². The molecule has 0 heterocycles. The summed E-state index contributed by atoms with van der Waals surface area (Å²) in [6, 6.07) is 8.05. The SMILES string of the molecule is CCc1ccc(C(C)(Cl)Cl)cc1. The maximum atomic E-state index is 5.92. The first-order chi connectivity index (χ1) is 5.54. The number of hydrogen-bond donors (Lipinski definition) is 0. The molecule has 2 heteroatoms. The molecule has 0 radical (unpaired) electrons. The quantitative estimate of drug-likeness (QED) is 0.639. The molecule has 0 aromatic heterocycles. The van der Waals surface area contributed by atoms with Crippen LogP contribution >= 0.6 is 23.2 Å². The molecule has 0 aliphatic carbocycles. The predicted molar refractivity (Wildman–Crippen MR) is 54.9 cm³/mol. The highest BCUT2D eigenvalue weighted by Crippen LogP contribution is 2.32. The first-order valence-corrected chi connectivity index (χ1v) is 4.77. The minimum absolute atomic E-state index is 0.772. The number of hydrogen-bond acceptors (Lipinski definition) is 0. The second-order valence-corrected chi connectivity index (χ2v) is 4.64. The van der Waals surface area contributed by atoms with Gasteiger partial charge in [0.2, 0.25) is 0 Å². The van der Waals surface area contributed by atoms with Crippen molar-refractivity contribution in [3.05, 3.63) is 35.4 Å². The molecule has 0 amide bonds. The van der Waals surface area contributed by atoms with Crippen LogP contribution in [-0.2, 0) is 10.8 Å². The van der Waals surface area contributed by atoms with Crippen LogP contribution < -0.4 is 0 Å². The van der Waals surface area contributed by atoms with Crippen molar-refractivity contribution in [1.82, 2.24) is 0 Å². The second kappa shape index (κ2) is 3.68. The van der Waals surface area contributed by atoms with Crippen molar-refractivity contribution >= 4 is 23.2 Å². The van der Waals surface area contributed by atoms with E-state index in [1.54, 1.807) is 6.92 Å². The van der Waals surface area contributed by atoms with E-state index in [0.29, 0.717) is 0 Å². The third kappa shape index (κ3) is 2.40. The Morgan fingerprint density at radius 3 is 2.00 bits per heavy atom. The van der Waals surface area contributed by atoms with Crippen LogP contribution in [0, 0.1) is 0 Å². The number of aryl methyl sites for hydroxylation is 1. The fourth-order valence-corrected chi connectivity index (χ4v) is 1.29. The normalized spacial score (nSPS) is 11.7. The van der Waals surface area contributed by atoms with E-state index in [1.807, 2.05) is 12.1 Å². The van der Waals surface area contributed by atoms with Gasteiger partial charge in [-0.25, -0.2) is 0 Å². The third-order valence-corrected chi connectivity index (χ3v) is 2.31. The zero-order valence-electron chi connectivity index (χ0n) is 7.27. The Balaban J connectivity index is 2.93. The van der Waals surface area contributed by atoms with E-state index < -0.39 is 4.33 Å². The molecule has 1 rings (SSSR count).